The van der Waals surface area contributed by atoms with Crippen molar-refractivity contribution in [3.63, 3.8) is 0 Å². The van der Waals surface area contributed by atoms with Crippen LogP contribution < -0.4 is 5.32 Å². The zero-order valence-electron chi connectivity index (χ0n) is 13.5. The van der Waals surface area contributed by atoms with Gasteiger partial charge in [0, 0.05) is 12.4 Å². The predicted molar refractivity (Wildman–Crippen MR) is 81.0 cm³/mol. The summed E-state index contributed by atoms with van der Waals surface area (Å²) in [5.41, 5.74) is -0.766. The monoisotopic (exact) mass is 341 g/mol. The van der Waals surface area contributed by atoms with Crippen molar-refractivity contribution in [2.75, 3.05) is 13.7 Å². The van der Waals surface area contributed by atoms with E-state index in [0.717, 1.165) is 23.8 Å². The van der Waals surface area contributed by atoms with E-state index >= 15 is 0 Å². The zero-order chi connectivity index (χ0) is 17.3. The van der Waals surface area contributed by atoms with E-state index in [1.165, 1.54) is 17.3 Å². The van der Waals surface area contributed by atoms with Gasteiger partial charge in [-0.1, -0.05) is 19.3 Å². The molecule has 24 heavy (non-hydrogen) atoms. The Labute approximate surface area is 138 Å². The van der Waals surface area contributed by atoms with Crippen LogP contribution in [0, 0.1) is 0 Å². The quantitative estimate of drug-likeness (QED) is 0.831. The van der Waals surface area contributed by atoms with Crippen molar-refractivity contribution in [2.45, 2.75) is 50.7 Å². The van der Waals surface area contributed by atoms with Crippen LogP contribution >= 0.6 is 0 Å². The van der Waals surface area contributed by atoms with E-state index in [1.807, 2.05) is 0 Å². The third kappa shape index (κ3) is 3.00. The summed E-state index contributed by atoms with van der Waals surface area (Å²) in [6, 6.07) is -0.411. The lowest BCUT2D eigenvalue weighted by atomic mass is 9.82. The molecule has 3 rings (SSSR count). The van der Waals surface area contributed by atoms with Gasteiger partial charge in [-0.25, -0.2) is 14.7 Å². The molecule has 0 atom stereocenters. The van der Waals surface area contributed by atoms with Crippen LogP contribution in [-0.2, 0) is 11.3 Å². The van der Waals surface area contributed by atoms with Crippen LogP contribution in [-0.4, -0.2) is 50.5 Å². The lowest BCUT2D eigenvalue weighted by Crippen LogP contribution is -2.49. The normalized spacial score (nSPS) is 20.5. The van der Waals surface area contributed by atoms with Crippen LogP contribution in [0.5, 0.6) is 0 Å². The first-order valence-electron chi connectivity index (χ1n) is 8.05. The molecule has 3 amide bonds. The Morgan fingerprint density at radius 2 is 2.04 bits per heavy atom. The zero-order valence-corrected chi connectivity index (χ0v) is 13.5. The second-order valence-electron chi connectivity index (χ2n) is 6.49. The summed E-state index contributed by atoms with van der Waals surface area (Å²) in [4.78, 5) is 31.6. The van der Waals surface area contributed by atoms with Gasteiger partial charge < -0.3 is 5.32 Å². The first kappa shape index (κ1) is 16.8. The van der Waals surface area contributed by atoms with E-state index in [-0.39, 0.29) is 24.9 Å². The lowest BCUT2D eigenvalue weighted by Gasteiger charge is -2.31. The summed E-state index contributed by atoms with van der Waals surface area (Å²) < 4.78 is 26.5. The van der Waals surface area contributed by atoms with Crippen LogP contribution in [0.25, 0.3) is 0 Å². The highest BCUT2D eigenvalue weighted by atomic mass is 19.3. The summed E-state index contributed by atoms with van der Waals surface area (Å²) in [7, 11) is 1.66. The lowest BCUT2D eigenvalue weighted by molar-refractivity contribution is -0.133. The number of carbonyl (C=O) groups excluding carboxylic acids is 2. The Balaban J connectivity index is 1.66. The summed E-state index contributed by atoms with van der Waals surface area (Å²) in [6.45, 7) is -2.51. The Morgan fingerprint density at radius 1 is 1.33 bits per heavy atom. The molecule has 0 radical (unpaired) electrons. The number of carbonyl (C=O) groups is 2. The van der Waals surface area contributed by atoms with Gasteiger partial charge in [-0.2, -0.15) is 8.78 Å². The maximum absolute atomic E-state index is 12.9. The minimum Gasteiger partial charge on any atom is -0.323 e. The highest BCUT2D eigenvalue weighted by molar-refractivity contribution is 6.07. The van der Waals surface area contributed by atoms with E-state index in [1.54, 1.807) is 11.9 Å². The van der Waals surface area contributed by atoms with Crippen molar-refractivity contribution in [1.82, 2.24) is 24.7 Å². The van der Waals surface area contributed by atoms with Gasteiger partial charge in [-0.3, -0.25) is 14.3 Å². The molecule has 1 aliphatic carbocycles. The summed E-state index contributed by atoms with van der Waals surface area (Å²) in [6.07, 6.45) is 6.74. The van der Waals surface area contributed by atoms with Crippen molar-refractivity contribution >= 4 is 11.9 Å². The maximum Gasteiger partial charge on any atom is 0.326 e. The average Bonchev–Trinajstić information content (AvgIpc) is 3.08. The highest BCUT2D eigenvalue weighted by Gasteiger charge is 2.51. The van der Waals surface area contributed by atoms with E-state index in [9.17, 15) is 18.4 Å². The molecule has 2 heterocycles. The Hall–Kier alpha value is -2.03. The van der Waals surface area contributed by atoms with Gasteiger partial charge >= 0.3 is 12.6 Å². The van der Waals surface area contributed by atoms with Crippen LogP contribution in [0.2, 0.25) is 0 Å². The number of urea groups is 1. The van der Waals surface area contributed by atoms with Gasteiger partial charge in [-0.05, 0) is 19.9 Å². The van der Waals surface area contributed by atoms with Gasteiger partial charge in [0.25, 0.3) is 5.91 Å². The number of aromatic nitrogens is 2. The molecular formula is C15H21F2N5O2. The SMILES string of the molecule is CN(Cc1nccn1C(F)F)CN1C(=O)NC2(CCCCC2)C1=O. The molecule has 1 aromatic heterocycles. The van der Waals surface area contributed by atoms with Gasteiger partial charge in [0.2, 0.25) is 0 Å². The van der Waals surface area contributed by atoms with Gasteiger partial charge in [0.15, 0.2) is 0 Å². The first-order valence-corrected chi connectivity index (χ1v) is 8.05. The third-order valence-electron chi connectivity index (χ3n) is 4.71. The minimum atomic E-state index is -2.67. The Morgan fingerprint density at radius 3 is 2.71 bits per heavy atom. The van der Waals surface area contributed by atoms with E-state index < -0.39 is 18.1 Å². The molecule has 0 unspecified atom stereocenters. The molecule has 2 fully saturated rings. The van der Waals surface area contributed by atoms with Gasteiger partial charge in [-0.15, -0.1) is 0 Å². The van der Waals surface area contributed by atoms with Gasteiger partial charge in [0.1, 0.15) is 11.4 Å². The molecule has 0 aromatic carbocycles. The van der Waals surface area contributed by atoms with E-state index in [2.05, 4.69) is 10.3 Å². The molecule has 7 nitrogen and oxygen atoms in total. The highest BCUT2D eigenvalue weighted by Crippen LogP contribution is 2.33. The van der Waals surface area contributed by atoms with E-state index in [0.29, 0.717) is 12.8 Å². The van der Waals surface area contributed by atoms with Crippen molar-refractivity contribution in [1.29, 1.82) is 0 Å². The third-order valence-corrected chi connectivity index (χ3v) is 4.71. The largest absolute Gasteiger partial charge is 0.326 e. The smallest absolute Gasteiger partial charge is 0.323 e. The second-order valence-corrected chi connectivity index (χ2v) is 6.49. The molecule has 132 valence electrons. The summed E-state index contributed by atoms with van der Waals surface area (Å²) in [5, 5.41) is 2.83. The number of hydrogen-bond donors (Lipinski definition) is 1. The number of halogens is 2. The standard InChI is InChI=1S/C15H21F2N5O2/c1-20(9-11-18-7-8-21(11)13(16)17)10-22-12(23)15(19-14(22)24)5-3-2-4-6-15/h7-8,13H,2-6,9-10H2,1H3,(H,19,24). The van der Waals surface area contributed by atoms with Crippen molar-refractivity contribution in [3.8, 4) is 0 Å². The minimum absolute atomic E-state index is 0.0442. The summed E-state index contributed by atoms with van der Waals surface area (Å²) >= 11 is 0. The molecule has 1 aromatic rings. The van der Waals surface area contributed by atoms with Crippen LogP contribution in [0.4, 0.5) is 13.6 Å². The summed E-state index contributed by atoms with van der Waals surface area (Å²) in [5.74, 6) is -0.0248. The number of alkyl halides is 2. The van der Waals surface area contributed by atoms with Crippen LogP contribution in [0.15, 0.2) is 12.4 Å². The van der Waals surface area contributed by atoms with Crippen molar-refractivity contribution in [2.24, 2.45) is 0 Å². The number of imidazole rings is 1. The molecule has 1 saturated carbocycles. The fraction of sp³-hybridized carbons (Fsp3) is 0.667. The second kappa shape index (κ2) is 6.46. The fourth-order valence-corrected chi connectivity index (χ4v) is 3.48. The van der Waals surface area contributed by atoms with Crippen LogP contribution in [0.3, 0.4) is 0 Å². The molecule has 0 bridgehead atoms. The molecular weight excluding hydrogens is 320 g/mol. The van der Waals surface area contributed by atoms with Crippen LogP contribution in [0.1, 0.15) is 44.5 Å². The maximum atomic E-state index is 12.9. The van der Waals surface area contributed by atoms with Gasteiger partial charge in [0.05, 0.1) is 13.2 Å². The Kier molecular flexibility index (Phi) is 4.53. The number of amides is 3. The Bertz CT molecular complexity index is 627. The number of nitrogens with one attached hydrogen (secondary N) is 1. The fourth-order valence-electron chi connectivity index (χ4n) is 3.48. The predicted octanol–water partition coefficient (Wildman–Crippen LogP) is 1.92. The molecule has 1 saturated heterocycles. The number of rotatable bonds is 5. The van der Waals surface area contributed by atoms with Crippen molar-refractivity contribution in [3.05, 3.63) is 18.2 Å². The number of nitrogens with zero attached hydrogens (tertiary/aromatic N) is 4. The van der Waals surface area contributed by atoms with E-state index in [4.69, 9.17) is 0 Å². The molecule has 1 aliphatic heterocycles. The molecule has 2 aliphatic rings. The average molecular weight is 341 g/mol. The topological polar surface area (TPSA) is 70.5 Å². The molecule has 1 N–H and O–H groups in total. The van der Waals surface area contributed by atoms with Crippen molar-refractivity contribution < 1.29 is 18.4 Å². The number of hydrogen-bond acceptors (Lipinski definition) is 4. The first-order chi connectivity index (χ1) is 11.4. The molecule has 1 spiro atoms. The number of imide groups is 1. The molecule has 9 heteroatoms.